The van der Waals surface area contributed by atoms with Crippen LogP contribution in [0.3, 0.4) is 0 Å². The zero-order chi connectivity index (χ0) is 17.4. The third-order valence-electron chi connectivity index (χ3n) is 5.44. The van der Waals surface area contributed by atoms with E-state index in [1.54, 1.807) is 0 Å². The number of guanidine groups is 1. The van der Waals surface area contributed by atoms with Crippen molar-refractivity contribution in [2.75, 3.05) is 44.7 Å². The summed E-state index contributed by atoms with van der Waals surface area (Å²) < 4.78 is 1.97. The lowest BCUT2D eigenvalue weighted by atomic mass is 9.94. The fourth-order valence-electron chi connectivity index (χ4n) is 4.03. The van der Waals surface area contributed by atoms with Gasteiger partial charge in [0, 0.05) is 69.2 Å². The van der Waals surface area contributed by atoms with Crippen molar-refractivity contribution in [1.29, 1.82) is 0 Å². The summed E-state index contributed by atoms with van der Waals surface area (Å²) in [6, 6.07) is 1.97. The number of thioether (sulfide) groups is 1. The van der Waals surface area contributed by atoms with Gasteiger partial charge in [0.05, 0.1) is 0 Å². The molecular weight excluding hydrogens is 332 g/mol. The topological polar surface area (TPSA) is 57.5 Å². The van der Waals surface area contributed by atoms with Gasteiger partial charge in [0.15, 0.2) is 5.96 Å². The van der Waals surface area contributed by atoms with Gasteiger partial charge in [-0.3, -0.25) is 14.6 Å². The summed E-state index contributed by atoms with van der Waals surface area (Å²) in [5.41, 5.74) is 0.341. The van der Waals surface area contributed by atoms with Crippen LogP contribution < -0.4 is 10.6 Å². The molecule has 0 amide bonds. The number of aromatic nitrogens is 2. The van der Waals surface area contributed by atoms with Crippen LogP contribution in [0.1, 0.15) is 32.1 Å². The summed E-state index contributed by atoms with van der Waals surface area (Å²) in [7, 11) is 1.86. The molecule has 2 aliphatic rings. The maximum Gasteiger partial charge on any atom is 0.191 e. The molecule has 1 aromatic heterocycles. The fraction of sp³-hybridized carbons (Fsp3) is 0.778. The molecule has 0 unspecified atom stereocenters. The molecule has 2 heterocycles. The Labute approximate surface area is 155 Å². The number of hydrogen-bond acceptors (Lipinski definition) is 4. The first-order valence-electron chi connectivity index (χ1n) is 9.57. The molecule has 0 atom stereocenters. The molecule has 2 N–H and O–H groups in total. The van der Waals surface area contributed by atoms with Crippen LogP contribution in [0.5, 0.6) is 0 Å². The molecule has 7 heteroatoms. The zero-order valence-electron chi connectivity index (χ0n) is 15.4. The van der Waals surface area contributed by atoms with Gasteiger partial charge in [-0.05, 0) is 25.3 Å². The van der Waals surface area contributed by atoms with E-state index < -0.39 is 0 Å². The maximum absolute atomic E-state index is 4.41. The van der Waals surface area contributed by atoms with Gasteiger partial charge in [-0.15, -0.1) is 0 Å². The van der Waals surface area contributed by atoms with Crippen LogP contribution in [0.4, 0.5) is 0 Å². The molecular formula is C18H32N6S. The van der Waals surface area contributed by atoms with Gasteiger partial charge in [0.2, 0.25) is 0 Å². The molecule has 1 aromatic rings. The van der Waals surface area contributed by atoms with E-state index in [4.69, 9.17) is 0 Å². The number of hydrogen-bond donors (Lipinski definition) is 2. The van der Waals surface area contributed by atoms with Crippen LogP contribution in [0.15, 0.2) is 23.5 Å². The zero-order valence-corrected chi connectivity index (χ0v) is 16.2. The highest BCUT2D eigenvalue weighted by Crippen LogP contribution is 2.36. The highest BCUT2D eigenvalue weighted by atomic mass is 32.2. The van der Waals surface area contributed by atoms with Crippen molar-refractivity contribution in [2.45, 2.75) is 44.2 Å². The molecule has 25 heavy (non-hydrogen) atoms. The third-order valence-corrected chi connectivity index (χ3v) is 6.38. The molecule has 3 rings (SSSR count). The van der Waals surface area contributed by atoms with Gasteiger partial charge in [0.25, 0.3) is 0 Å². The SMILES string of the molecule is CN=C(NCCCn1cccn1)NCC1(N2CCSCC2)CCCC1. The summed E-state index contributed by atoms with van der Waals surface area (Å²) in [5.74, 6) is 3.49. The van der Waals surface area contributed by atoms with E-state index in [1.165, 1.54) is 50.3 Å². The Bertz CT molecular complexity index is 518. The van der Waals surface area contributed by atoms with Gasteiger partial charge in [-0.1, -0.05) is 12.8 Å². The van der Waals surface area contributed by atoms with Crippen LogP contribution >= 0.6 is 11.8 Å². The van der Waals surface area contributed by atoms with Crippen molar-refractivity contribution < 1.29 is 0 Å². The second-order valence-corrected chi connectivity index (χ2v) is 8.23. The van der Waals surface area contributed by atoms with Gasteiger partial charge < -0.3 is 10.6 Å². The predicted octanol–water partition coefficient (Wildman–Crippen LogP) is 1.80. The lowest BCUT2D eigenvalue weighted by Gasteiger charge is -2.43. The predicted molar refractivity (Wildman–Crippen MR) is 106 cm³/mol. The Morgan fingerprint density at radius 3 is 2.72 bits per heavy atom. The molecule has 6 nitrogen and oxygen atoms in total. The Morgan fingerprint density at radius 2 is 2.04 bits per heavy atom. The van der Waals surface area contributed by atoms with Crippen molar-refractivity contribution in [2.24, 2.45) is 4.99 Å². The highest BCUT2D eigenvalue weighted by Gasteiger charge is 2.39. The van der Waals surface area contributed by atoms with E-state index in [0.29, 0.717) is 5.54 Å². The second-order valence-electron chi connectivity index (χ2n) is 7.01. The van der Waals surface area contributed by atoms with Gasteiger partial charge >= 0.3 is 0 Å². The largest absolute Gasteiger partial charge is 0.356 e. The van der Waals surface area contributed by atoms with E-state index in [0.717, 1.165) is 32.0 Å². The molecule has 0 spiro atoms. The average molecular weight is 365 g/mol. The molecule has 2 fully saturated rings. The monoisotopic (exact) mass is 364 g/mol. The highest BCUT2D eigenvalue weighted by molar-refractivity contribution is 7.99. The van der Waals surface area contributed by atoms with Crippen molar-refractivity contribution >= 4 is 17.7 Å². The minimum Gasteiger partial charge on any atom is -0.356 e. The Morgan fingerprint density at radius 1 is 1.24 bits per heavy atom. The smallest absolute Gasteiger partial charge is 0.191 e. The molecule has 1 saturated heterocycles. The number of rotatable bonds is 7. The summed E-state index contributed by atoms with van der Waals surface area (Å²) in [6.07, 6.45) is 10.2. The van der Waals surface area contributed by atoms with Crippen LogP contribution in [0, 0.1) is 0 Å². The number of nitrogens with zero attached hydrogens (tertiary/aromatic N) is 4. The molecule has 1 aliphatic heterocycles. The van der Waals surface area contributed by atoms with Crippen molar-refractivity contribution in [3.05, 3.63) is 18.5 Å². The second kappa shape index (κ2) is 9.48. The molecule has 1 saturated carbocycles. The minimum atomic E-state index is 0.341. The average Bonchev–Trinajstić information content (AvgIpc) is 3.34. The molecule has 0 aromatic carbocycles. The van der Waals surface area contributed by atoms with E-state index in [-0.39, 0.29) is 0 Å². The first-order valence-corrected chi connectivity index (χ1v) is 10.7. The Kier molecular flexibility index (Phi) is 7.04. The fourth-order valence-corrected chi connectivity index (χ4v) is 4.93. The van der Waals surface area contributed by atoms with Crippen molar-refractivity contribution in [3.63, 3.8) is 0 Å². The summed E-state index contributed by atoms with van der Waals surface area (Å²) in [6.45, 7) is 5.33. The van der Waals surface area contributed by atoms with Crippen LogP contribution in [-0.2, 0) is 6.54 Å². The van der Waals surface area contributed by atoms with E-state index in [1.807, 2.05) is 30.2 Å². The maximum atomic E-state index is 4.41. The first-order chi connectivity index (χ1) is 12.3. The van der Waals surface area contributed by atoms with E-state index in [9.17, 15) is 0 Å². The van der Waals surface area contributed by atoms with Crippen molar-refractivity contribution in [1.82, 2.24) is 25.3 Å². The number of aliphatic imine (C=N–C) groups is 1. The normalized spacial score (nSPS) is 21.4. The van der Waals surface area contributed by atoms with Crippen LogP contribution in [0.25, 0.3) is 0 Å². The minimum absolute atomic E-state index is 0.341. The molecule has 1 aliphatic carbocycles. The third kappa shape index (κ3) is 5.14. The molecule has 0 bridgehead atoms. The van der Waals surface area contributed by atoms with Crippen LogP contribution in [0.2, 0.25) is 0 Å². The molecule has 140 valence electrons. The number of aryl methyl sites for hydroxylation is 1. The lowest BCUT2D eigenvalue weighted by molar-refractivity contribution is 0.107. The summed E-state index contributed by atoms with van der Waals surface area (Å²) >= 11 is 2.09. The molecule has 0 radical (unpaired) electrons. The quantitative estimate of drug-likeness (QED) is 0.439. The van der Waals surface area contributed by atoms with Gasteiger partial charge in [-0.2, -0.15) is 16.9 Å². The first kappa shape index (κ1) is 18.6. The van der Waals surface area contributed by atoms with E-state index in [2.05, 4.69) is 37.4 Å². The van der Waals surface area contributed by atoms with Gasteiger partial charge in [0.1, 0.15) is 0 Å². The standard InChI is InChI=1S/C18H32N6S/c1-19-17(20-8-4-10-24-11-5-9-22-24)21-16-18(6-2-3-7-18)23-12-14-25-15-13-23/h5,9,11H,2-4,6-8,10,12-16H2,1H3,(H2,19,20,21). The van der Waals surface area contributed by atoms with Gasteiger partial charge in [-0.25, -0.2) is 0 Å². The lowest BCUT2D eigenvalue weighted by Crippen LogP contribution is -2.57. The van der Waals surface area contributed by atoms with Crippen LogP contribution in [-0.4, -0.2) is 70.9 Å². The number of nitrogens with one attached hydrogen (secondary N) is 2. The Balaban J connectivity index is 1.44. The summed E-state index contributed by atoms with van der Waals surface area (Å²) in [5, 5.41) is 11.3. The van der Waals surface area contributed by atoms with Crippen molar-refractivity contribution in [3.8, 4) is 0 Å². The van der Waals surface area contributed by atoms with E-state index >= 15 is 0 Å². The Hall–Kier alpha value is -1.21. The summed E-state index contributed by atoms with van der Waals surface area (Å²) in [4.78, 5) is 7.15.